The number of anilines is 1. The molecule has 0 saturated heterocycles. The third-order valence-corrected chi connectivity index (χ3v) is 5.61. The predicted octanol–water partition coefficient (Wildman–Crippen LogP) is 3.67. The summed E-state index contributed by atoms with van der Waals surface area (Å²) in [5, 5.41) is 6.90. The number of imidazole rings is 1. The highest BCUT2D eigenvalue weighted by atomic mass is 19.2. The first kappa shape index (κ1) is 23.0. The third-order valence-electron chi connectivity index (χ3n) is 5.61. The van der Waals surface area contributed by atoms with Crippen molar-refractivity contribution >= 4 is 22.8 Å². The van der Waals surface area contributed by atoms with Crippen molar-refractivity contribution in [3.63, 3.8) is 0 Å². The minimum atomic E-state index is -0.961. The van der Waals surface area contributed by atoms with Gasteiger partial charge in [0.25, 0.3) is 0 Å². The lowest BCUT2D eigenvalue weighted by atomic mass is 10.1. The Morgan fingerprint density at radius 1 is 1.11 bits per heavy atom. The number of rotatable bonds is 7. The van der Waals surface area contributed by atoms with E-state index in [0.717, 1.165) is 34.3 Å². The van der Waals surface area contributed by atoms with Crippen LogP contribution in [0.2, 0.25) is 0 Å². The molecule has 0 unspecified atom stereocenters. The normalized spacial score (nSPS) is 11.1. The van der Waals surface area contributed by atoms with Gasteiger partial charge in [0.05, 0.1) is 29.9 Å². The number of nitrogens with zero attached hydrogens (tertiary/aromatic N) is 4. The van der Waals surface area contributed by atoms with E-state index < -0.39 is 11.6 Å². The van der Waals surface area contributed by atoms with Gasteiger partial charge in [-0.15, -0.1) is 0 Å². The Morgan fingerprint density at radius 3 is 2.78 bits per heavy atom. The second-order valence-electron chi connectivity index (χ2n) is 8.08. The number of amides is 1. The number of nitrogen functional groups attached to an aromatic ring is 1. The topological polar surface area (TPSA) is 124 Å². The number of aromatic nitrogens is 5. The zero-order chi connectivity index (χ0) is 25.2. The first-order valence-electron chi connectivity index (χ1n) is 10.9. The van der Waals surface area contributed by atoms with Crippen molar-refractivity contribution < 1.29 is 18.3 Å². The molecule has 0 aliphatic heterocycles. The number of carbonyl (C=O) groups is 1. The van der Waals surface area contributed by atoms with Gasteiger partial charge in [-0.05, 0) is 35.9 Å². The highest BCUT2D eigenvalue weighted by Crippen LogP contribution is 2.30. The van der Waals surface area contributed by atoms with Gasteiger partial charge < -0.3 is 20.8 Å². The van der Waals surface area contributed by atoms with Crippen LogP contribution in [0.25, 0.3) is 33.5 Å². The molecule has 2 aromatic carbocycles. The number of fused-ring (bicyclic) bond motifs is 1. The third kappa shape index (κ3) is 4.71. The molecule has 182 valence electrons. The zero-order valence-corrected chi connectivity index (χ0v) is 19.1. The molecule has 0 aliphatic carbocycles. The van der Waals surface area contributed by atoms with Crippen molar-refractivity contribution in [1.29, 1.82) is 0 Å². The Balaban J connectivity index is 1.30. The van der Waals surface area contributed by atoms with Gasteiger partial charge in [-0.25, -0.2) is 18.7 Å². The van der Waals surface area contributed by atoms with Crippen molar-refractivity contribution in [3.8, 4) is 28.3 Å². The van der Waals surface area contributed by atoms with Crippen LogP contribution >= 0.6 is 0 Å². The lowest BCUT2D eigenvalue weighted by molar-refractivity contribution is -0.122. The number of pyridine rings is 1. The molecule has 11 heteroatoms. The summed E-state index contributed by atoms with van der Waals surface area (Å²) in [5.41, 5.74) is 10.2. The number of benzene rings is 2. The van der Waals surface area contributed by atoms with Crippen molar-refractivity contribution in [2.24, 2.45) is 0 Å². The molecule has 0 saturated carbocycles. The molecule has 3 aromatic heterocycles. The lowest BCUT2D eigenvalue weighted by Gasteiger charge is -2.06. The summed E-state index contributed by atoms with van der Waals surface area (Å²) in [4.78, 5) is 24.5. The summed E-state index contributed by atoms with van der Waals surface area (Å²) in [6.07, 6.45) is 4.94. The molecule has 0 aliphatic rings. The molecule has 0 spiro atoms. The van der Waals surface area contributed by atoms with E-state index in [4.69, 9.17) is 10.5 Å². The minimum Gasteiger partial charge on any atom is -0.497 e. The number of ether oxygens (including phenoxy) is 1. The maximum absolute atomic E-state index is 13.3. The van der Waals surface area contributed by atoms with E-state index in [-0.39, 0.29) is 19.0 Å². The Kier molecular flexibility index (Phi) is 6.03. The number of carbonyl (C=O) groups excluding carboxylic acids is 1. The fourth-order valence-corrected chi connectivity index (χ4v) is 3.72. The van der Waals surface area contributed by atoms with Crippen molar-refractivity contribution in [1.82, 2.24) is 30.0 Å². The first-order valence-corrected chi connectivity index (χ1v) is 10.9. The molecule has 3 heterocycles. The Morgan fingerprint density at radius 2 is 1.97 bits per heavy atom. The molecular formula is C25H21F2N7O2. The Labute approximate surface area is 203 Å². The number of methoxy groups -OCH3 is 1. The smallest absolute Gasteiger partial charge is 0.241 e. The van der Waals surface area contributed by atoms with Gasteiger partial charge in [-0.2, -0.15) is 5.10 Å². The zero-order valence-electron chi connectivity index (χ0n) is 19.1. The van der Waals surface area contributed by atoms with Crippen LogP contribution in [0.1, 0.15) is 5.56 Å². The molecule has 5 rings (SSSR count). The van der Waals surface area contributed by atoms with Crippen LogP contribution < -0.4 is 15.8 Å². The molecule has 0 fully saturated rings. The van der Waals surface area contributed by atoms with Crippen molar-refractivity contribution in [2.45, 2.75) is 13.1 Å². The number of H-pyrrole nitrogens is 1. The number of nitrogens with one attached hydrogen (secondary N) is 2. The van der Waals surface area contributed by atoms with Gasteiger partial charge in [-0.1, -0.05) is 6.07 Å². The van der Waals surface area contributed by atoms with Crippen LogP contribution in [-0.4, -0.2) is 37.7 Å². The molecule has 9 nitrogen and oxygen atoms in total. The molecule has 0 bridgehead atoms. The average molecular weight is 489 g/mol. The van der Waals surface area contributed by atoms with Gasteiger partial charge >= 0.3 is 0 Å². The molecule has 5 aromatic rings. The quantitative estimate of drug-likeness (QED) is 0.321. The summed E-state index contributed by atoms with van der Waals surface area (Å²) in [6, 6.07) is 10.9. The second kappa shape index (κ2) is 9.45. The van der Waals surface area contributed by atoms with Crippen LogP contribution in [0, 0.1) is 11.6 Å². The van der Waals surface area contributed by atoms with E-state index >= 15 is 0 Å². The van der Waals surface area contributed by atoms with Crippen molar-refractivity contribution in [3.05, 3.63) is 78.3 Å². The highest BCUT2D eigenvalue weighted by molar-refractivity contribution is 5.84. The van der Waals surface area contributed by atoms with E-state index in [1.807, 2.05) is 24.3 Å². The van der Waals surface area contributed by atoms with E-state index in [1.165, 1.54) is 10.7 Å². The predicted molar refractivity (Wildman–Crippen MR) is 130 cm³/mol. The monoisotopic (exact) mass is 489 g/mol. The highest BCUT2D eigenvalue weighted by Gasteiger charge is 2.14. The first-order chi connectivity index (χ1) is 17.4. The van der Waals surface area contributed by atoms with Gasteiger partial charge in [0.2, 0.25) is 5.91 Å². The number of nitrogens with two attached hydrogens (primary N) is 1. The molecule has 4 N–H and O–H groups in total. The average Bonchev–Trinajstić information content (AvgIpc) is 3.51. The van der Waals surface area contributed by atoms with Gasteiger partial charge in [0.1, 0.15) is 23.9 Å². The molecule has 0 radical (unpaired) electrons. The summed E-state index contributed by atoms with van der Waals surface area (Å²) in [5.74, 6) is -0.641. The fourth-order valence-electron chi connectivity index (χ4n) is 3.72. The largest absolute Gasteiger partial charge is 0.497 e. The number of hydrogen-bond donors (Lipinski definition) is 3. The summed E-state index contributed by atoms with van der Waals surface area (Å²) < 4.78 is 33.1. The van der Waals surface area contributed by atoms with Gasteiger partial charge in [0, 0.05) is 36.1 Å². The second-order valence-corrected chi connectivity index (χ2v) is 8.08. The Hall–Kier alpha value is -4.80. The standard InChI is InChI=1S/C25H21F2N7O2/c1-36-17-3-5-21-22(8-17)33-25(32-21)18-7-15(10-30-24(18)28)16-11-31-34(12-16)13-23(35)29-9-14-2-4-19(26)20(27)6-14/h2-8,10-12H,9,13H2,1H3,(H2,28,30)(H,29,35)(H,32,33). The van der Waals surface area contributed by atoms with Gasteiger partial charge in [-0.3, -0.25) is 9.48 Å². The van der Waals surface area contributed by atoms with Crippen LogP contribution in [-0.2, 0) is 17.9 Å². The van der Waals surface area contributed by atoms with Gasteiger partial charge in [0.15, 0.2) is 11.6 Å². The summed E-state index contributed by atoms with van der Waals surface area (Å²) in [7, 11) is 1.60. The lowest BCUT2D eigenvalue weighted by Crippen LogP contribution is -2.27. The maximum Gasteiger partial charge on any atom is 0.241 e. The van der Waals surface area contributed by atoms with E-state index in [1.54, 1.807) is 25.7 Å². The number of hydrogen-bond acceptors (Lipinski definition) is 6. The number of aromatic amines is 1. The molecule has 36 heavy (non-hydrogen) atoms. The van der Waals surface area contributed by atoms with Crippen LogP contribution in [0.15, 0.2) is 61.1 Å². The van der Waals surface area contributed by atoms with Crippen molar-refractivity contribution in [2.75, 3.05) is 12.8 Å². The van der Waals surface area contributed by atoms with E-state index in [0.29, 0.717) is 28.5 Å². The SMILES string of the molecule is COc1ccc2nc(-c3cc(-c4cnn(CC(=O)NCc5ccc(F)c(F)c5)c4)cnc3N)[nH]c2c1. The molecule has 1 amide bonds. The summed E-state index contributed by atoms with van der Waals surface area (Å²) in [6.45, 7) is 0.0170. The van der Waals surface area contributed by atoms with E-state index in [9.17, 15) is 13.6 Å². The maximum atomic E-state index is 13.3. The minimum absolute atomic E-state index is 0.0512. The van der Waals surface area contributed by atoms with Crippen LogP contribution in [0.4, 0.5) is 14.6 Å². The Bertz CT molecular complexity index is 1580. The number of halogens is 2. The molecular weight excluding hydrogens is 468 g/mol. The fraction of sp³-hybridized carbons (Fsp3) is 0.120. The van der Waals surface area contributed by atoms with Crippen LogP contribution in [0.3, 0.4) is 0 Å². The molecule has 0 atom stereocenters. The summed E-state index contributed by atoms with van der Waals surface area (Å²) >= 11 is 0. The van der Waals surface area contributed by atoms with Crippen LogP contribution in [0.5, 0.6) is 5.75 Å². The van der Waals surface area contributed by atoms with E-state index in [2.05, 4.69) is 25.4 Å².